The van der Waals surface area contributed by atoms with Crippen molar-refractivity contribution in [2.45, 2.75) is 13.0 Å². The minimum Gasteiger partial charge on any atom is -0.479 e. The van der Waals surface area contributed by atoms with Crippen LogP contribution < -0.4 is 5.32 Å². The Labute approximate surface area is 118 Å². The normalized spacial score (nSPS) is 12.1. The number of rotatable bonds is 4. The lowest BCUT2D eigenvalue weighted by molar-refractivity contribution is -0.138. The van der Waals surface area contributed by atoms with Crippen molar-refractivity contribution in [3.05, 3.63) is 50.6 Å². The Morgan fingerprint density at radius 3 is 2.78 bits per heavy atom. The second-order valence-corrected chi connectivity index (χ2v) is 5.76. The Balaban J connectivity index is 2.28. The third-order valence-electron chi connectivity index (χ3n) is 2.55. The number of halogens is 1. The molecule has 2 rings (SSSR count). The SMILES string of the molecule is Cc1ccsc1C(Nc1cccc(Br)c1)C(=O)O. The highest BCUT2D eigenvalue weighted by atomic mass is 79.9. The van der Waals surface area contributed by atoms with E-state index in [1.54, 1.807) is 0 Å². The maximum absolute atomic E-state index is 11.4. The van der Waals surface area contributed by atoms with E-state index in [0.29, 0.717) is 0 Å². The number of anilines is 1. The number of nitrogens with one attached hydrogen (secondary N) is 1. The van der Waals surface area contributed by atoms with Crippen LogP contribution in [0, 0.1) is 6.92 Å². The monoisotopic (exact) mass is 325 g/mol. The van der Waals surface area contributed by atoms with Gasteiger partial charge in [-0.25, -0.2) is 4.79 Å². The van der Waals surface area contributed by atoms with Crippen LogP contribution in [0.2, 0.25) is 0 Å². The minimum absolute atomic E-state index is 0.709. The first-order chi connectivity index (χ1) is 8.58. The summed E-state index contributed by atoms with van der Waals surface area (Å²) in [6.07, 6.45) is 0. The number of thiophene rings is 1. The maximum Gasteiger partial charge on any atom is 0.331 e. The molecule has 0 saturated heterocycles. The van der Waals surface area contributed by atoms with Crippen molar-refractivity contribution in [2.75, 3.05) is 5.32 Å². The fourth-order valence-electron chi connectivity index (χ4n) is 1.66. The molecule has 2 N–H and O–H groups in total. The molecule has 0 saturated carbocycles. The lowest BCUT2D eigenvalue weighted by Crippen LogP contribution is -2.20. The molecule has 18 heavy (non-hydrogen) atoms. The van der Waals surface area contributed by atoms with Gasteiger partial charge in [0.2, 0.25) is 0 Å². The van der Waals surface area contributed by atoms with Gasteiger partial charge < -0.3 is 10.4 Å². The van der Waals surface area contributed by atoms with Crippen molar-refractivity contribution in [1.29, 1.82) is 0 Å². The Bertz CT molecular complexity index is 568. The number of carboxylic acid groups (broad SMARTS) is 1. The van der Waals surface area contributed by atoms with Crippen LogP contribution >= 0.6 is 27.3 Å². The van der Waals surface area contributed by atoms with Gasteiger partial charge in [0.15, 0.2) is 6.04 Å². The van der Waals surface area contributed by atoms with Crippen molar-refractivity contribution in [3.8, 4) is 0 Å². The molecule has 2 aromatic rings. The second kappa shape index (κ2) is 5.54. The molecule has 0 aliphatic carbocycles. The van der Waals surface area contributed by atoms with E-state index >= 15 is 0 Å². The van der Waals surface area contributed by atoms with E-state index in [-0.39, 0.29) is 0 Å². The zero-order valence-corrected chi connectivity index (χ0v) is 12.1. The molecule has 0 spiro atoms. The molecule has 1 aromatic carbocycles. The molecule has 3 nitrogen and oxygen atoms in total. The van der Waals surface area contributed by atoms with Gasteiger partial charge >= 0.3 is 5.97 Å². The number of benzene rings is 1. The Kier molecular flexibility index (Phi) is 4.04. The summed E-state index contributed by atoms with van der Waals surface area (Å²) in [7, 11) is 0. The topological polar surface area (TPSA) is 49.3 Å². The molecular formula is C13H12BrNO2S. The predicted octanol–water partition coefficient (Wildman–Crippen LogP) is 4.06. The predicted molar refractivity (Wildman–Crippen MR) is 77.2 cm³/mol. The van der Waals surface area contributed by atoms with Crippen LogP contribution in [0.25, 0.3) is 0 Å². The third kappa shape index (κ3) is 2.91. The third-order valence-corrected chi connectivity index (χ3v) is 4.12. The van der Waals surface area contributed by atoms with Crippen LogP contribution in [0.3, 0.4) is 0 Å². The van der Waals surface area contributed by atoms with E-state index < -0.39 is 12.0 Å². The van der Waals surface area contributed by atoms with Gasteiger partial charge in [-0.3, -0.25) is 0 Å². The number of hydrogen-bond donors (Lipinski definition) is 2. The minimum atomic E-state index is -0.875. The quantitative estimate of drug-likeness (QED) is 0.891. The molecule has 1 atom stereocenters. The standard InChI is InChI=1S/C13H12BrNO2S/c1-8-5-6-18-12(8)11(13(16)17)15-10-4-2-3-9(14)7-10/h2-7,11,15H,1H3,(H,16,17). The van der Waals surface area contributed by atoms with E-state index in [4.69, 9.17) is 0 Å². The summed E-state index contributed by atoms with van der Waals surface area (Å²) in [5.41, 5.74) is 1.78. The summed E-state index contributed by atoms with van der Waals surface area (Å²) in [6.45, 7) is 1.92. The molecule has 0 bridgehead atoms. The highest BCUT2D eigenvalue weighted by Gasteiger charge is 2.22. The average molecular weight is 326 g/mol. The van der Waals surface area contributed by atoms with Crippen molar-refractivity contribution in [3.63, 3.8) is 0 Å². The van der Waals surface area contributed by atoms with Gasteiger partial charge in [0, 0.05) is 15.0 Å². The van der Waals surface area contributed by atoms with Crippen LogP contribution in [0.15, 0.2) is 40.2 Å². The zero-order valence-electron chi connectivity index (χ0n) is 9.68. The number of aliphatic carboxylic acids is 1. The van der Waals surface area contributed by atoms with Crippen LogP contribution in [-0.4, -0.2) is 11.1 Å². The Hall–Kier alpha value is -1.33. The van der Waals surface area contributed by atoms with Crippen LogP contribution in [0.4, 0.5) is 5.69 Å². The molecule has 1 heterocycles. The van der Waals surface area contributed by atoms with Crippen LogP contribution in [0.5, 0.6) is 0 Å². The van der Waals surface area contributed by atoms with Crippen LogP contribution in [-0.2, 0) is 4.79 Å². The summed E-state index contributed by atoms with van der Waals surface area (Å²) in [4.78, 5) is 12.2. The number of carboxylic acids is 1. The van der Waals surface area contributed by atoms with Gasteiger partial charge in [-0.1, -0.05) is 22.0 Å². The van der Waals surface area contributed by atoms with Crippen molar-refractivity contribution in [2.24, 2.45) is 0 Å². The van der Waals surface area contributed by atoms with Crippen molar-refractivity contribution in [1.82, 2.24) is 0 Å². The van der Waals surface area contributed by atoms with Gasteiger partial charge in [-0.2, -0.15) is 0 Å². The van der Waals surface area contributed by atoms with Crippen molar-refractivity contribution < 1.29 is 9.90 Å². The van der Waals surface area contributed by atoms with Crippen LogP contribution in [0.1, 0.15) is 16.5 Å². The highest BCUT2D eigenvalue weighted by molar-refractivity contribution is 9.10. The first kappa shape index (κ1) is 13.1. The molecule has 0 aliphatic heterocycles. The van der Waals surface area contributed by atoms with E-state index in [2.05, 4.69) is 21.2 Å². The number of aryl methyl sites for hydroxylation is 1. The lowest BCUT2D eigenvalue weighted by Gasteiger charge is -2.15. The van der Waals surface area contributed by atoms with Gasteiger partial charge in [0.05, 0.1) is 0 Å². The lowest BCUT2D eigenvalue weighted by atomic mass is 10.1. The van der Waals surface area contributed by atoms with E-state index in [1.807, 2.05) is 42.6 Å². The fraction of sp³-hybridized carbons (Fsp3) is 0.154. The molecular weight excluding hydrogens is 314 g/mol. The van der Waals surface area contributed by atoms with Gasteiger partial charge in [-0.05, 0) is 42.1 Å². The molecule has 0 amide bonds. The van der Waals surface area contributed by atoms with Gasteiger partial charge in [0.25, 0.3) is 0 Å². The number of hydrogen-bond acceptors (Lipinski definition) is 3. The second-order valence-electron chi connectivity index (χ2n) is 3.89. The smallest absolute Gasteiger partial charge is 0.331 e. The fourth-order valence-corrected chi connectivity index (χ4v) is 3.03. The Morgan fingerprint density at radius 1 is 1.44 bits per heavy atom. The first-order valence-corrected chi connectivity index (χ1v) is 7.04. The zero-order chi connectivity index (χ0) is 13.1. The highest BCUT2D eigenvalue weighted by Crippen LogP contribution is 2.28. The molecule has 0 aliphatic rings. The average Bonchev–Trinajstić information content (AvgIpc) is 2.72. The first-order valence-electron chi connectivity index (χ1n) is 5.37. The van der Waals surface area contributed by atoms with Gasteiger partial charge in [0.1, 0.15) is 0 Å². The summed E-state index contributed by atoms with van der Waals surface area (Å²) >= 11 is 4.82. The van der Waals surface area contributed by atoms with Crippen molar-refractivity contribution >= 4 is 38.9 Å². The molecule has 1 unspecified atom stereocenters. The van der Waals surface area contributed by atoms with E-state index in [9.17, 15) is 9.90 Å². The maximum atomic E-state index is 11.4. The molecule has 1 aromatic heterocycles. The molecule has 0 fully saturated rings. The summed E-state index contributed by atoms with van der Waals surface area (Å²) in [6, 6.07) is 8.70. The van der Waals surface area contributed by atoms with E-state index in [0.717, 1.165) is 20.6 Å². The number of carbonyl (C=O) groups is 1. The van der Waals surface area contributed by atoms with E-state index in [1.165, 1.54) is 11.3 Å². The summed E-state index contributed by atoms with van der Waals surface area (Å²) < 4.78 is 0.916. The summed E-state index contributed by atoms with van der Waals surface area (Å²) in [5.74, 6) is -0.875. The molecule has 5 heteroatoms. The molecule has 94 valence electrons. The molecule has 0 radical (unpaired) electrons. The largest absolute Gasteiger partial charge is 0.479 e. The Morgan fingerprint density at radius 2 is 2.22 bits per heavy atom. The van der Waals surface area contributed by atoms with Gasteiger partial charge in [-0.15, -0.1) is 11.3 Å². The summed E-state index contributed by atoms with van der Waals surface area (Å²) in [5, 5.41) is 14.3.